The molecular weight excluding hydrogens is 320 g/mol. The van der Waals surface area contributed by atoms with Crippen molar-refractivity contribution in [2.24, 2.45) is 0 Å². The van der Waals surface area contributed by atoms with E-state index in [0.29, 0.717) is 6.54 Å². The number of benzene rings is 1. The molecule has 5 heteroatoms. The first-order valence-electron chi connectivity index (χ1n) is 6.71. The van der Waals surface area contributed by atoms with Gasteiger partial charge in [-0.15, -0.1) is 0 Å². The summed E-state index contributed by atoms with van der Waals surface area (Å²) in [6.45, 7) is 8.92. The predicted molar refractivity (Wildman–Crippen MR) is 84.7 cm³/mol. The average Bonchev–Trinajstić information content (AvgIpc) is 2.28. The molecule has 112 valence electrons. The third-order valence-electron chi connectivity index (χ3n) is 2.49. The summed E-state index contributed by atoms with van der Waals surface area (Å²) >= 11 is 3.51. The van der Waals surface area contributed by atoms with Crippen LogP contribution in [-0.4, -0.2) is 24.3 Å². The van der Waals surface area contributed by atoms with E-state index in [2.05, 4.69) is 32.6 Å². The van der Waals surface area contributed by atoms with E-state index in [0.717, 1.165) is 11.0 Å². The second-order valence-electron chi connectivity index (χ2n) is 5.77. The molecule has 4 nitrogen and oxygen atoms in total. The molecule has 1 rings (SSSR count). The van der Waals surface area contributed by atoms with Crippen molar-refractivity contribution in [1.29, 1.82) is 0 Å². The molecule has 0 aliphatic carbocycles. The first kappa shape index (κ1) is 17.0. The Morgan fingerprint density at radius 3 is 2.60 bits per heavy atom. The molecule has 0 aliphatic heterocycles. The number of carbonyl (C=O) groups is 1. The molecule has 0 aromatic heterocycles. The van der Waals surface area contributed by atoms with Gasteiger partial charge in [-0.05, 0) is 39.3 Å². The first-order valence-corrected chi connectivity index (χ1v) is 7.51. The zero-order valence-corrected chi connectivity index (χ0v) is 14.1. The highest BCUT2D eigenvalue weighted by atomic mass is 79.9. The number of carbonyl (C=O) groups excluding carboxylic acids is 1. The van der Waals surface area contributed by atoms with Crippen LogP contribution in [0, 0.1) is 0 Å². The molecule has 0 bridgehead atoms. The summed E-state index contributed by atoms with van der Waals surface area (Å²) in [6.07, 6.45) is -0.382. The van der Waals surface area contributed by atoms with Crippen LogP contribution >= 0.6 is 15.9 Å². The summed E-state index contributed by atoms with van der Waals surface area (Å²) in [4.78, 5) is 11.6. The molecule has 0 saturated heterocycles. The molecule has 1 atom stereocenters. The van der Waals surface area contributed by atoms with Gasteiger partial charge >= 0.3 is 6.09 Å². The number of hydrogen-bond donors (Lipinski definition) is 2. The van der Waals surface area contributed by atoms with Crippen LogP contribution in [0.4, 0.5) is 4.79 Å². The van der Waals surface area contributed by atoms with E-state index >= 15 is 0 Å². The maximum atomic E-state index is 11.6. The molecule has 20 heavy (non-hydrogen) atoms. The number of alkyl carbamates (subject to hydrolysis) is 1. The van der Waals surface area contributed by atoms with E-state index in [1.807, 2.05) is 45.9 Å². The molecule has 1 aromatic carbocycles. The fourth-order valence-corrected chi connectivity index (χ4v) is 2.05. The third kappa shape index (κ3) is 6.91. The number of nitrogens with one attached hydrogen (secondary N) is 2. The van der Waals surface area contributed by atoms with Crippen molar-refractivity contribution in [3.05, 3.63) is 34.3 Å². The molecule has 0 heterocycles. The Hall–Kier alpha value is -1.07. The summed E-state index contributed by atoms with van der Waals surface area (Å²) in [5, 5.41) is 6.11. The minimum absolute atomic E-state index is 0.00679. The van der Waals surface area contributed by atoms with Crippen LogP contribution in [-0.2, 0) is 11.3 Å². The van der Waals surface area contributed by atoms with Gasteiger partial charge in [0.1, 0.15) is 5.60 Å². The van der Waals surface area contributed by atoms with Crippen molar-refractivity contribution in [2.75, 3.05) is 6.54 Å². The smallest absolute Gasteiger partial charge is 0.407 e. The summed E-state index contributed by atoms with van der Waals surface area (Å²) in [5.41, 5.74) is 0.726. The number of ether oxygens (including phenoxy) is 1. The molecule has 2 N–H and O–H groups in total. The van der Waals surface area contributed by atoms with E-state index in [1.165, 1.54) is 5.56 Å². The SMILES string of the molecule is CC(CNCc1ccccc1Br)NC(=O)OC(C)(C)C. The second kappa shape index (κ2) is 7.64. The van der Waals surface area contributed by atoms with Gasteiger partial charge < -0.3 is 15.4 Å². The van der Waals surface area contributed by atoms with Gasteiger partial charge in [-0.3, -0.25) is 0 Å². The van der Waals surface area contributed by atoms with Crippen molar-refractivity contribution in [3.8, 4) is 0 Å². The van der Waals surface area contributed by atoms with Crippen LogP contribution in [0.15, 0.2) is 28.7 Å². The van der Waals surface area contributed by atoms with Crippen molar-refractivity contribution in [1.82, 2.24) is 10.6 Å². The largest absolute Gasteiger partial charge is 0.444 e. The van der Waals surface area contributed by atoms with Crippen molar-refractivity contribution in [2.45, 2.75) is 45.9 Å². The van der Waals surface area contributed by atoms with E-state index in [4.69, 9.17) is 4.74 Å². The van der Waals surface area contributed by atoms with Crippen LogP contribution in [0.1, 0.15) is 33.3 Å². The zero-order chi connectivity index (χ0) is 15.2. The van der Waals surface area contributed by atoms with Gasteiger partial charge in [-0.2, -0.15) is 0 Å². The van der Waals surface area contributed by atoms with Gasteiger partial charge in [0.05, 0.1) is 0 Å². The Morgan fingerprint density at radius 2 is 2.00 bits per heavy atom. The van der Waals surface area contributed by atoms with E-state index in [1.54, 1.807) is 0 Å². The Balaban J connectivity index is 2.28. The van der Waals surface area contributed by atoms with Crippen molar-refractivity contribution < 1.29 is 9.53 Å². The maximum Gasteiger partial charge on any atom is 0.407 e. The van der Waals surface area contributed by atoms with Crippen molar-refractivity contribution in [3.63, 3.8) is 0 Å². The Bertz CT molecular complexity index is 444. The molecule has 1 aromatic rings. The Labute approximate surface area is 129 Å². The molecule has 1 amide bonds. The lowest BCUT2D eigenvalue weighted by Crippen LogP contribution is -2.42. The summed E-state index contributed by atoms with van der Waals surface area (Å²) in [7, 11) is 0. The standard InChI is InChI=1S/C15H23BrN2O2/c1-11(18-14(19)20-15(2,3)4)9-17-10-12-7-5-6-8-13(12)16/h5-8,11,17H,9-10H2,1-4H3,(H,18,19). The van der Waals surface area contributed by atoms with Gasteiger partial charge in [0.15, 0.2) is 0 Å². The fraction of sp³-hybridized carbons (Fsp3) is 0.533. The van der Waals surface area contributed by atoms with Crippen LogP contribution in [0.25, 0.3) is 0 Å². The zero-order valence-electron chi connectivity index (χ0n) is 12.5. The summed E-state index contributed by atoms with van der Waals surface area (Å²) in [6, 6.07) is 8.07. The van der Waals surface area contributed by atoms with Crippen LogP contribution < -0.4 is 10.6 Å². The normalized spacial score (nSPS) is 12.8. The summed E-state index contributed by atoms with van der Waals surface area (Å²) in [5.74, 6) is 0. The minimum Gasteiger partial charge on any atom is -0.444 e. The Morgan fingerprint density at radius 1 is 1.35 bits per heavy atom. The highest BCUT2D eigenvalue weighted by molar-refractivity contribution is 9.10. The minimum atomic E-state index is -0.466. The lowest BCUT2D eigenvalue weighted by atomic mass is 10.2. The van der Waals surface area contributed by atoms with Crippen LogP contribution in [0.3, 0.4) is 0 Å². The van der Waals surface area contributed by atoms with Crippen molar-refractivity contribution >= 4 is 22.0 Å². The van der Waals surface area contributed by atoms with E-state index in [9.17, 15) is 4.79 Å². The molecule has 0 saturated carbocycles. The lowest BCUT2D eigenvalue weighted by molar-refractivity contribution is 0.0508. The number of rotatable bonds is 5. The Kier molecular flexibility index (Phi) is 6.49. The van der Waals surface area contributed by atoms with Gasteiger partial charge in [-0.1, -0.05) is 34.1 Å². The average molecular weight is 343 g/mol. The molecule has 1 unspecified atom stereocenters. The number of hydrogen-bond acceptors (Lipinski definition) is 3. The predicted octanol–water partition coefficient (Wildman–Crippen LogP) is 3.45. The lowest BCUT2D eigenvalue weighted by Gasteiger charge is -2.22. The topological polar surface area (TPSA) is 50.4 Å². The number of amides is 1. The molecule has 0 aliphatic rings. The molecule has 0 fully saturated rings. The third-order valence-corrected chi connectivity index (χ3v) is 3.26. The van der Waals surface area contributed by atoms with E-state index < -0.39 is 5.60 Å². The van der Waals surface area contributed by atoms with Crippen LogP contribution in [0.5, 0.6) is 0 Å². The second-order valence-corrected chi connectivity index (χ2v) is 6.62. The van der Waals surface area contributed by atoms with Gasteiger partial charge in [-0.25, -0.2) is 4.79 Å². The van der Waals surface area contributed by atoms with Gasteiger partial charge in [0, 0.05) is 23.6 Å². The molecule has 0 spiro atoms. The van der Waals surface area contributed by atoms with Crippen LogP contribution in [0.2, 0.25) is 0 Å². The molecule has 0 radical (unpaired) electrons. The maximum absolute atomic E-state index is 11.6. The highest BCUT2D eigenvalue weighted by Gasteiger charge is 2.17. The highest BCUT2D eigenvalue weighted by Crippen LogP contribution is 2.15. The monoisotopic (exact) mass is 342 g/mol. The van der Waals surface area contributed by atoms with Gasteiger partial charge in [0.25, 0.3) is 0 Å². The summed E-state index contributed by atoms with van der Waals surface area (Å²) < 4.78 is 6.29. The fourth-order valence-electron chi connectivity index (χ4n) is 1.62. The number of halogens is 1. The van der Waals surface area contributed by atoms with Gasteiger partial charge in [0.2, 0.25) is 0 Å². The van der Waals surface area contributed by atoms with E-state index in [-0.39, 0.29) is 12.1 Å². The first-order chi connectivity index (χ1) is 9.28. The molecular formula is C15H23BrN2O2. The quantitative estimate of drug-likeness (QED) is 0.861.